The van der Waals surface area contributed by atoms with E-state index in [4.69, 9.17) is 0 Å². The molecule has 1 aromatic rings. The molecule has 19 heavy (non-hydrogen) atoms. The van der Waals surface area contributed by atoms with Crippen LogP contribution in [0.25, 0.3) is 0 Å². The first-order valence-electron chi connectivity index (χ1n) is 6.42. The second kappa shape index (κ2) is 6.45. The Kier molecular flexibility index (Phi) is 4.90. The van der Waals surface area contributed by atoms with Crippen molar-refractivity contribution in [3.8, 4) is 0 Å². The maximum Gasteiger partial charge on any atom is 0.283 e. The molecule has 1 aromatic carbocycles. The molecule has 0 aromatic heterocycles. The van der Waals surface area contributed by atoms with Crippen LogP contribution in [-0.4, -0.2) is 36.0 Å². The van der Waals surface area contributed by atoms with E-state index in [9.17, 15) is 10.1 Å². The summed E-state index contributed by atoms with van der Waals surface area (Å²) >= 11 is 3.35. The highest BCUT2D eigenvalue weighted by molar-refractivity contribution is 9.10. The molecule has 1 N–H and O–H groups in total. The van der Waals surface area contributed by atoms with Gasteiger partial charge in [-0.1, -0.05) is 12.1 Å². The van der Waals surface area contributed by atoms with E-state index in [0.29, 0.717) is 17.1 Å². The summed E-state index contributed by atoms with van der Waals surface area (Å²) in [5.41, 5.74) is 1.09. The van der Waals surface area contributed by atoms with E-state index in [0.717, 1.165) is 18.7 Å². The fraction of sp³-hybridized carbons (Fsp3) is 0.538. The number of likely N-dealkylation sites (N-methyl/N-ethyl adjacent to an activating group) is 1. The Morgan fingerprint density at radius 3 is 3.00 bits per heavy atom. The fourth-order valence-corrected chi connectivity index (χ4v) is 2.97. The van der Waals surface area contributed by atoms with Crippen molar-refractivity contribution in [3.05, 3.63) is 38.3 Å². The van der Waals surface area contributed by atoms with Gasteiger partial charge in [0.25, 0.3) is 5.69 Å². The molecular formula is C13H18BrN3O2. The van der Waals surface area contributed by atoms with Gasteiger partial charge in [0.2, 0.25) is 0 Å². The lowest BCUT2D eigenvalue weighted by molar-refractivity contribution is -0.385. The average molecular weight is 328 g/mol. The Morgan fingerprint density at radius 1 is 1.58 bits per heavy atom. The summed E-state index contributed by atoms with van der Waals surface area (Å²) in [5.74, 6) is 0. The zero-order valence-corrected chi connectivity index (χ0v) is 12.5. The fourth-order valence-electron chi connectivity index (χ4n) is 2.44. The average Bonchev–Trinajstić information content (AvgIpc) is 2.41. The highest BCUT2D eigenvalue weighted by atomic mass is 79.9. The predicted octanol–water partition coefficient (Wildman–Crippen LogP) is 2.54. The van der Waals surface area contributed by atoms with Crippen LogP contribution < -0.4 is 5.32 Å². The first-order chi connectivity index (χ1) is 9.09. The summed E-state index contributed by atoms with van der Waals surface area (Å²) in [6.07, 6.45) is 2.36. The molecule has 1 saturated heterocycles. The Balaban J connectivity index is 2.10. The lowest BCUT2D eigenvalue weighted by Gasteiger charge is -2.31. The van der Waals surface area contributed by atoms with Gasteiger partial charge in [0.15, 0.2) is 0 Å². The third-order valence-electron chi connectivity index (χ3n) is 3.57. The van der Waals surface area contributed by atoms with E-state index in [1.807, 2.05) is 6.07 Å². The Labute approximate surface area is 121 Å². The Hall–Kier alpha value is -0.980. The van der Waals surface area contributed by atoms with Crippen molar-refractivity contribution in [2.45, 2.75) is 25.4 Å². The summed E-state index contributed by atoms with van der Waals surface area (Å²) in [6.45, 7) is 2.79. The van der Waals surface area contributed by atoms with Gasteiger partial charge in [-0.25, -0.2) is 0 Å². The van der Waals surface area contributed by atoms with Gasteiger partial charge in [0.1, 0.15) is 0 Å². The van der Waals surface area contributed by atoms with Crippen molar-refractivity contribution in [3.63, 3.8) is 0 Å². The van der Waals surface area contributed by atoms with Crippen LogP contribution in [0.4, 0.5) is 5.69 Å². The minimum absolute atomic E-state index is 0.132. The molecule has 1 aliphatic heterocycles. The highest BCUT2D eigenvalue weighted by Gasteiger charge is 2.20. The van der Waals surface area contributed by atoms with Crippen molar-refractivity contribution in [1.29, 1.82) is 0 Å². The van der Waals surface area contributed by atoms with Gasteiger partial charge in [-0.3, -0.25) is 15.0 Å². The van der Waals surface area contributed by atoms with Crippen LogP contribution in [0.1, 0.15) is 18.4 Å². The number of rotatable bonds is 4. The van der Waals surface area contributed by atoms with E-state index in [2.05, 4.69) is 33.2 Å². The quantitative estimate of drug-likeness (QED) is 0.682. The molecule has 1 unspecified atom stereocenters. The van der Waals surface area contributed by atoms with Gasteiger partial charge in [0.05, 0.1) is 9.40 Å². The number of piperidine rings is 1. The second-order valence-electron chi connectivity index (χ2n) is 4.92. The maximum atomic E-state index is 10.9. The van der Waals surface area contributed by atoms with Crippen molar-refractivity contribution >= 4 is 21.6 Å². The van der Waals surface area contributed by atoms with Crippen LogP contribution in [0, 0.1) is 10.1 Å². The van der Waals surface area contributed by atoms with Crippen LogP contribution in [0.5, 0.6) is 0 Å². The summed E-state index contributed by atoms with van der Waals surface area (Å²) in [7, 11) is 2.07. The second-order valence-corrected chi connectivity index (χ2v) is 5.72. The monoisotopic (exact) mass is 327 g/mol. The van der Waals surface area contributed by atoms with Crippen molar-refractivity contribution in [2.24, 2.45) is 0 Å². The molecular weight excluding hydrogens is 310 g/mol. The van der Waals surface area contributed by atoms with Crippen molar-refractivity contribution < 1.29 is 4.92 Å². The molecule has 0 aliphatic carbocycles. The predicted molar refractivity (Wildman–Crippen MR) is 78.2 cm³/mol. The van der Waals surface area contributed by atoms with Gasteiger partial charge >= 0.3 is 0 Å². The summed E-state index contributed by atoms with van der Waals surface area (Å²) in [6, 6.07) is 5.70. The van der Waals surface area contributed by atoms with Crippen molar-refractivity contribution in [1.82, 2.24) is 10.2 Å². The number of nitro benzene ring substituents is 1. The number of nitrogens with zero attached hydrogens (tertiary/aromatic N) is 2. The van der Waals surface area contributed by atoms with Gasteiger partial charge in [-0.15, -0.1) is 0 Å². The summed E-state index contributed by atoms with van der Waals surface area (Å²) in [5, 5.41) is 14.3. The molecule has 2 rings (SSSR count). The lowest BCUT2D eigenvalue weighted by atomic mass is 10.1. The van der Waals surface area contributed by atoms with E-state index >= 15 is 0 Å². The Morgan fingerprint density at radius 2 is 2.37 bits per heavy atom. The molecule has 1 atom stereocenters. The van der Waals surface area contributed by atoms with E-state index in [1.54, 1.807) is 6.07 Å². The largest absolute Gasteiger partial charge is 0.315 e. The molecule has 104 valence electrons. The number of benzene rings is 1. The topological polar surface area (TPSA) is 58.4 Å². The van der Waals surface area contributed by atoms with E-state index < -0.39 is 0 Å². The normalized spacial score (nSPS) is 19.6. The minimum Gasteiger partial charge on any atom is -0.315 e. The smallest absolute Gasteiger partial charge is 0.283 e. The maximum absolute atomic E-state index is 10.9. The summed E-state index contributed by atoms with van der Waals surface area (Å²) in [4.78, 5) is 12.8. The first-order valence-corrected chi connectivity index (χ1v) is 7.21. The molecule has 1 fully saturated rings. The van der Waals surface area contributed by atoms with Gasteiger partial charge < -0.3 is 5.32 Å². The molecule has 1 aliphatic rings. The van der Waals surface area contributed by atoms with Crippen LogP contribution >= 0.6 is 15.9 Å². The molecule has 1 heterocycles. The zero-order chi connectivity index (χ0) is 13.8. The molecule has 0 radical (unpaired) electrons. The third kappa shape index (κ3) is 3.52. The van der Waals surface area contributed by atoms with Crippen LogP contribution in [-0.2, 0) is 6.54 Å². The number of hydrogen-bond donors (Lipinski definition) is 1. The molecule has 0 amide bonds. The third-order valence-corrected chi connectivity index (χ3v) is 4.48. The molecule has 0 saturated carbocycles. The van der Waals surface area contributed by atoms with Gasteiger partial charge in [0, 0.05) is 25.2 Å². The van der Waals surface area contributed by atoms with Gasteiger partial charge in [-0.2, -0.15) is 0 Å². The molecule has 0 bridgehead atoms. The Bertz CT molecular complexity index is 461. The number of nitrogens with one attached hydrogen (secondary N) is 1. The number of hydrogen-bond acceptors (Lipinski definition) is 4. The summed E-state index contributed by atoms with van der Waals surface area (Å²) < 4.78 is 0.593. The molecule has 0 spiro atoms. The number of nitro groups is 1. The van der Waals surface area contributed by atoms with E-state index in [1.165, 1.54) is 18.9 Å². The highest BCUT2D eigenvalue weighted by Crippen LogP contribution is 2.29. The zero-order valence-electron chi connectivity index (χ0n) is 10.9. The minimum atomic E-state index is -0.351. The van der Waals surface area contributed by atoms with Crippen LogP contribution in [0.2, 0.25) is 0 Å². The van der Waals surface area contributed by atoms with Gasteiger partial charge in [-0.05, 0) is 47.9 Å². The lowest BCUT2D eigenvalue weighted by Crippen LogP contribution is -2.43. The first kappa shape index (κ1) is 14.4. The SMILES string of the molecule is CN(Cc1cccc([N+](=O)[O-])c1Br)C1CCCNC1. The van der Waals surface area contributed by atoms with Crippen LogP contribution in [0.3, 0.4) is 0 Å². The van der Waals surface area contributed by atoms with Crippen LogP contribution in [0.15, 0.2) is 22.7 Å². The van der Waals surface area contributed by atoms with E-state index in [-0.39, 0.29) is 10.6 Å². The van der Waals surface area contributed by atoms with Crippen molar-refractivity contribution in [2.75, 3.05) is 20.1 Å². The number of halogens is 1. The molecule has 6 heteroatoms. The molecule has 5 nitrogen and oxygen atoms in total. The standard InChI is InChI=1S/C13H18BrN3O2/c1-16(11-5-3-7-15-8-11)9-10-4-2-6-12(13(10)14)17(18)19/h2,4,6,11,15H,3,5,7-9H2,1H3.